The summed E-state index contributed by atoms with van der Waals surface area (Å²) in [6, 6.07) is 12.5. The summed E-state index contributed by atoms with van der Waals surface area (Å²) in [5.74, 6) is -0.406. The first kappa shape index (κ1) is 19.6. The highest BCUT2D eigenvalue weighted by Gasteiger charge is 2.36. The van der Waals surface area contributed by atoms with Crippen molar-refractivity contribution in [2.45, 2.75) is 32.9 Å². The van der Waals surface area contributed by atoms with Gasteiger partial charge in [-0.15, -0.1) is 0 Å². The van der Waals surface area contributed by atoms with Crippen molar-refractivity contribution < 1.29 is 14.4 Å². The smallest absolute Gasteiger partial charge is 0.255 e. The van der Waals surface area contributed by atoms with E-state index in [1.165, 1.54) is 11.8 Å². The first-order valence-electron chi connectivity index (χ1n) is 9.25. The van der Waals surface area contributed by atoms with Gasteiger partial charge < -0.3 is 15.1 Å². The van der Waals surface area contributed by atoms with Crippen LogP contribution in [0, 0.1) is 6.92 Å². The third-order valence-corrected chi connectivity index (χ3v) is 5.02. The predicted molar refractivity (Wildman–Crippen MR) is 108 cm³/mol. The molecule has 1 N–H and O–H groups in total. The van der Waals surface area contributed by atoms with Crippen molar-refractivity contribution in [3.05, 3.63) is 64.7 Å². The highest BCUT2D eigenvalue weighted by atomic mass is 16.2. The molecule has 146 valence electrons. The van der Waals surface area contributed by atoms with E-state index in [2.05, 4.69) is 5.32 Å². The van der Waals surface area contributed by atoms with Gasteiger partial charge in [0.25, 0.3) is 5.91 Å². The predicted octanol–water partition coefficient (Wildman–Crippen LogP) is 2.61. The molecule has 1 aliphatic heterocycles. The van der Waals surface area contributed by atoms with Crippen LogP contribution in [-0.4, -0.2) is 47.7 Å². The monoisotopic (exact) mass is 379 g/mol. The topological polar surface area (TPSA) is 69.7 Å². The van der Waals surface area contributed by atoms with Crippen LogP contribution in [0.15, 0.2) is 42.5 Å². The average Bonchev–Trinajstić information content (AvgIpc) is 2.65. The standard InChI is InChI=1S/C22H25N3O3/c1-14-7-5-6-8-19(14)21(27)25-13-17-11-18(23-15(2)26)10-9-16(17)12-20(25)22(28)24(3)4/h5-11,20H,12-13H2,1-4H3,(H,23,26). The number of likely N-dealkylation sites (N-methyl/N-ethyl adjacent to an activating group) is 1. The van der Waals surface area contributed by atoms with Crippen LogP contribution in [0.1, 0.15) is 34.0 Å². The molecule has 1 aliphatic rings. The average molecular weight is 379 g/mol. The van der Waals surface area contributed by atoms with Crippen molar-refractivity contribution in [3.63, 3.8) is 0 Å². The molecule has 6 heteroatoms. The van der Waals surface area contributed by atoms with Crippen LogP contribution in [0.2, 0.25) is 0 Å². The Bertz CT molecular complexity index is 936. The second-order valence-electron chi connectivity index (χ2n) is 7.37. The molecule has 0 bridgehead atoms. The van der Waals surface area contributed by atoms with Crippen molar-refractivity contribution in [1.29, 1.82) is 0 Å². The lowest BCUT2D eigenvalue weighted by molar-refractivity contribution is -0.134. The largest absolute Gasteiger partial charge is 0.347 e. The maximum absolute atomic E-state index is 13.3. The summed E-state index contributed by atoms with van der Waals surface area (Å²) < 4.78 is 0. The van der Waals surface area contributed by atoms with Gasteiger partial charge in [0.1, 0.15) is 6.04 Å². The summed E-state index contributed by atoms with van der Waals surface area (Å²) in [5, 5.41) is 2.77. The maximum Gasteiger partial charge on any atom is 0.255 e. The molecule has 2 aromatic carbocycles. The fraction of sp³-hybridized carbons (Fsp3) is 0.318. The van der Waals surface area contributed by atoms with Crippen molar-refractivity contribution in [2.75, 3.05) is 19.4 Å². The number of nitrogens with one attached hydrogen (secondary N) is 1. The van der Waals surface area contributed by atoms with Gasteiger partial charge in [-0.3, -0.25) is 14.4 Å². The Hall–Kier alpha value is -3.15. The number of nitrogens with zero attached hydrogens (tertiary/aromatic N) is 2. The summed E-state index contributed by atoms with van der Waals surface area (Å²) in [6.45, 7) is 3.67. The lowest BCUT2D eigenvalue weighted by atomic mass is 9.91. The Balaban J connectivity index is 2.00. The van der Waals surface area contributed by atoms with Crippen molar-refractivity contribution in [3.8, 4) is 0 Å². The molecule has 1 atom stereocenters. The van der Waals surface area contributed by atoms with Crippen LogP contribution in [0.4, 0.5) is 5.69 Å². The number of fused-ring (bicyclic) bond motifs is 1. The molecule has 2 aromatic rings. The molecule has 0 spiro atoms. The van der Waals surface area contributed by atoms with Gasteiger partial charge in [-0.05, 0) is 41.8 Å². The summed E-state index contributed by atoms with van der Waals surface area (Å²) in [5.41, 5.74) is 4.12. The first-order chi connectivity index (χ1) is 13.3. The van der Waals surface area contributed by atoms with Gasteiger partial charge in [0, 0.05) is 45.2 Å². The highest BCUT2D eigenvalue weighted by Crippen LogP contribution is 2.28. The van der Waals surface area contributed by atoms with Crippen LogP contribution >= 0.6 is 0 Å². The van der Waals surface area contributed by atoms with Gasteiger partial charge in [-0.2, -0.15) is 0 Å². The summed E-state index contributed by atoms with van der Waals surface area (Å²) in [7, 11) is 3.41. The molecule has 1 heterocycles. The molecule has 0 fully saturated rings. The second-order valence-corrected chi connectivity index (χ2v) is 7.37. The molecule has 0 saturated carbocycles. The number of aryl methyl sites for hydroxylation is 1. The van der Waals surface area contributed by atoms with E-state index < -0.39 is 6.04 Å². The maximum atomic E-state index is 13.3. The minimum absolute atomic E-state index is 0.0986. The fourth-order valence-electron chi connectivity index (χ4n) is 3.57. The second kappa shape index (κ2) is 7.84. The number of carbonyl (C=O) groups excluding carboxylic acids is 3. The summed E-state index contributed by atoms with van der Waals surface area (Å²) in [4.78, 5) is 40.7. The van der Waals surface area contributed by atoms with Gasteiger partial charge in [0.2, 0.25) is 11.8 Å². The third kappa shape index (κ3) is 3.91. The van der Waals surface area contributed by atoms with Crippen LogP contribution in [0.5, 0.6) is 0 Å². The molecule has 3 rings (SSSR count). The Morgan fingerprint density at radius 2 is 1.79 bits per heavy atom. The van der Waals surface area contributed by atoms with Crippen LogP contribution in [-0.2, 0) is 22.6 Å². The van der Waals surface area contributed by atoms with Gasteiger partial charge >= 0.3 is 0 Å². The Kier molecular flexibility index (Phi) is 5.49. The molecule has 0 radical (unpaired) electrons. The lowest BCUT2D eigenvalue weighted by Crippen LogP contribution is -2.52. The molecule has 3 amide bonds. The van der Waals surface area contributed by atoms with Gasteiger partial charge in [-0.25, -0.2) is 0 Å². The minimum atomic E-state index is -0.554. The molecule has 28 heavy (non-hydrogen) atoms. The Labute approximate surface area is 165 Å². The zero-order chi connectivity index (χ0) is 20.4. The highest BCUT2D eigenvalue weighted by molar-refractivity contribution is 5.99. The zero-order valence-electron chi connectivity index (χ0n) is 16.7. The van der Waals surface area contributed by atoms with E-state index in [-0.39, 0.29) is 17.7 Å². The molecular formula is C22H25N3O3. The Morgan fingerprint density at radius 3 is 2.43 bits per heavy atom. The zero-order valence-corrected chi connectivity index (χ0v) is 16.7. The van der Waals surface area contributed by atoms with E-state index in [0.29, 0.717) is 24.2 Å². The van der Waals surface area contributed by atoms with E-state index in [9.17, 15) is 14.4 Å². The number of hydrogen-bond donors (Lipinski definition) is 1. The summed E-state index contributed by atoms with van der Waals surface area (Å²) >= 11 is 0. The number of benzene rings is 2. The van der Waals surface area contributed by atoms with Gasteiger partial charge in [-0.1, -0.05) is 24.3 Å². The number of carbonyl (C=O) groups is 3. The molecule has 0 aliphatic carbocycles. The number of hydrogen-bond acceptors (Lipinski definition) is 3. The SMILES string of the molecule is CC(=O)Nc1ccc2c(c1)CN(C(=O)c1ccccc1C)C(C(=O)N(C)C)C2. The molecule has 1 unspecified atom stereocenters. The fourth-order valence-corrected chi connectivity index (χ4v) is 3.57. The van der Waals surface area contributed by atoms with Gasteiger partial charge in [0.05, 0.1) is 0 Å². The minimum Gasteiger partial charge on any atom is -0.347 e. The first-order valence-corrected chi connectivity index (χ1v) is 9.25. The molecular weight excluding hydrogens is 354 g/mol. The number of rotatable bonds is 3. The van der Waals surface area contributed by atoms with Crippen molar-refractivity contribution >= 4 is 23.4 Å². The Morgan fingerprint density at radius 1 is 1.07 bits per heavy atom. The number of anilines is 1. The normalized spacial score (nSPS) is 15.6. The lowest BCUT2D eigenvalue weighted by Gasteiger charge is -2.37. The van der Waals surface area contributed by atoms with E-state index in [1.807, 2.05) is 43.3 Å². The van der Waals surface area contributed by atoms with E-state index in [1.54, 1.807) is 25.1 Å². The molecule has 6 nitrogen and oxygen atoms in total. The van der Waals surface area contributed by atoms with E-state index >= 15 is 0 Å². The van der Waals surface area contributed by atoms with Crippen molar-refractivity contribution in [1.82, 2.24) is 9.80 Å². The van der Waals surface area contributed by atoms with E-state index in [0.717, 1.165) is 16.7 Å². The van der Waals surface area contributed by atoms with Crippen LogP contribution in [0.25, 0.3) is 0 Å². The van der Waals surface area contributed by atoms with E-state index in [4.69, 9.17) is 0 Å². The summed E-state index contributed by atoms with van der Waals surface area (Å²) in [6.07, 6.45) is 0.449. The molecule has 0 aromatic heterocycles. The van der Waals surface area contributed by atoms with Crippen LogP contribution in [0.3, 0.4) is 0 Å². The quantitative estimate of drug-likeness (QED) is 0.891. The molecule has 0 saturated heterocycles. The van der Waals surface area contributed by atoms with Crippen LogP contribution < -0.4 is 5.32 Å². The van der Waals surface area contributed by atoms with Crippen molar-refractivity contribution in [2.24, 2.45) is 0 Å². The third-order valence-electron chi connectivity index (χ3n) is 5.02. The van der Waals surface area contributed by atoms with Gasteiger partial charge in [0.15, 0.2) is 0 Å². The number of amides is 3.